The second-order valence-corrected chi connectivity index (χ2v) is 5.24. The molecule has 1 atom stereocenters. The number of benzene rings is 1. The number of nitrogens with zero attached hydrogens (tertiary/aromatic N) is 1. The molecule has 0 aliphatic rings. The van der Waals surface area contributed by atoms with Gasteiger partial charge in [0.2, 0.25) is 0 Å². The maximum atomic E-state index is 12.2. The van der Waals surface area contributed by atoms with Gasteiger partial charge >= 0.3 is 11.9 Å². The topological polar surface area (TPSA) is 76.5 Å². The van der Waals surface area contributed by atoms with Gasteiger partial charge in [0, 0.05) is 11.6 Å². The van der Waals surface area contributed by atoms with Crippen molar-refractivity contribution in [3.8, 4) is 0 Å². The lowest BCUT2D eigenvalue weighted by Gasteiger charge is -2.16. The summed E-state index contributed by atoms with van der Waals surface area (Å²) in [4.78, 5) is 27.6. The van der Waals surface area contributed by atoms with Gasteiger partial charge in [-0.3, -0.25) is 4.98 Å². The Labute approximate surface area is 122 Å². The number of hydrogen-bond donors (Lipinski definition) is 1. The van der Waals surface area contributed by atoms with Crippen molar-refractivity contribution in [2.45, 2.75) is 26.4 Å². The summed E-state index contributed by atoms with van der Waals surface area (Å²) in [5, 5.41) is 9.79. The summed E-state index contributed by atoms with van der Waals surface area (Å²) in [6.07, 6.45) is 0.658. The van der Waals surface area contributed by atoms with Crippen molar-refractivity contribution in [3.05, 3.63) is 42.1 Å². The summed E-state index contributed by atoms with van der Waals surface area (Å²) in [6, 6.07) is 8.71. The molecule has 1 aromatic carbocycles. The summed E-state index contributed by atoms with van der Waals surface area (Å²) in [7, 11) is 0. The maximum absolute atomic E-state index is 12.2. The standard InChI is InChI=1S/C16H17NO4/c1-10(2)9-14(15(18)19)21-16(20)12-7-8-17-13-6-4-3-5-11(12)13/h3-8,10,14H,9H2,1-2H3,(H,18,19)/t14-/m1/s1. The van der Waals surface area contributed by atoms with Crippen LogP contribution < -0.4 is 0 Å². The number of carbonyl (C=O) groups is 2. The average molecular weight is 287 g/mol. The highest BCUT2D eigenvalue weighted by Gasteiger charge is 2.24. The average Bonchev–Trinajstić information content (AvgIpc) is 2.45. The Morgan fingerprint density at radius 1 is 1.24 bits per heavy atom. The van der Waals surface area contributed by atoms with Gasteiger partial charge < -0.3 is 9.84 Å². The van der Waals surface area contributed by atoms with E-state index in [1.807, 2.05) is 19.9 Å². The summed E-state index contributed by atoms with van der Waals surface area (Å²) in [6.45, 7) is 3.76. The smallest absolute Gasteiger partial charge is 0.345 e. The molecular formula is C16H17NO4. The first-order chi connectivity index (χ1) is 9.99. The molecule has 0 radical (unpaired) electrons. The van der Waals surface area contributed by atoms with Crippen LogP contribution in [0.1, 0.15) is 30.6 Å². The van der Waals surface area contributed by atoms with Crippen molar-refractivity contribution in [1.29, 1.82) is 0 Å². The highest BCUT2D eigenvalue weighted by atomic mass is 16.6. The normalized spacial score (nSPS) is 12.3. The van der Waals surface area contributed by atoms with Crippen LogP contribution in [-0.2, 0) is 9.53 Å². The third kappa shape index (κ3) is 3.56. The Kier molecular flexibility index (Phi) is 4.52. The van der Waals surface area contributed by atoms with E-state index in [1.165, 1.54) is 6.20 Å². The molecule has 0 bridgehead atoms. The molecule has 0 amide bonds. The van der Waals surface area contributed by atoms with Crippen molar-refractivity contribution < 1.29 is 19.4 Å². The van der Waals surface area contributed by atoms with Crippen LogP contribution in [0.4, 0.5) is 0 Å². The van der Waals surface area contributed by atoms with Crippen molar-refractivity contribution in [2.24, 2.45) is 5.92 Å². The number of ether oxygens (including phenoxy) is 1. The number of carboxylic acid groups (broad SMARTS) is 1. The number of aromatic nitrogens is 1. The Bertz CT molecular complexity index is 661. The van der Waals surface area contributed by atoms with Gasteiger partial charge in [0.25, 0.3) is 0 Å². The van der Waals surface area contributed by atoms with Gasteiger partial charge in [-0.25, -0.2) is 9.59 Å². The molecule has 2 rings (SSSR count). The van der Waals surface area contributed by atoms with Gasteiger partial charge in [-0.05, 0) is 24.5 Å². The number of pyridine rings is 1. The monoisotopic (exact) mass is 287 g/mol. The van der Waals surface area contributed by atoms with Crippen LogP contribution in [0.3, 0.4) is 0 Å². The number of carboxylic acids is 1. The van der Waals surface area contributed by atoms with E-state index in [1.54, 1.807) is 24.3 Å². The van der Waals surface area contributed by atoms with Crippen LogP contribution in [0.25, 0.3) is 10.9 Å². The number of fused-ring (bicyclic) bond motifs is 1. The first-order valence-corrected chi connectivity index (χ1v) is 6.76. The molecule has 0 spiro atoms. The van der Waals surface area contributed by atoms with Crippen molar-refractivity contribution in [2.75, 3.05) is 0 Å². The predicted molar refractivity (Wildman–Crippen MR) is 78.0 cm³/mol. The second-order valence-electron chi connectivity index (χ2n) is 5.24. The lowest BCUT2D eigenvalue weighted by Crippen LogP contribution is -2.28. The van der Waals surface area contributed by atoms with Gasteiger partial charge in [-0.1, -0.05) is 32.0 Å². The SMILES string of the molecule is CC(C)C[C@@H](OC(=O)c1ccnc2ccccc12)C(=O)O. The molecule has 21 heavy (non-hydrogen) atoms. The van der Waals surface area contributed by atoms with Gasteiger partial charge in [0.05, 0.1) is 11.1 Å². The molecule has 0 saturated heterocycles. The van der Waals surface area contributed by atoms with Gasteiger partial charge in [-0.15, -0.1) is 0 Å². The Hall–Kier alpha value is -2.43. The molecule has 1 heterocycles. The number of aliphatic carboxylic acids is 1. The fourth-order valence-electron chi connectivity index (χ4n) is 2.09. The Morgan fingerprint density at radius 3 is 2.62 bits per heavy atom. The van der Waals surface area contributed by atoms with E-state index < -0.39 is 18.0 Å². The highest BCUT2D eigenvalue weighted by molar-refractivity contribution is 6.03. The van der Waals surface area contributed by atoms with Crippen LogP contribution >= 0.6 is 0 Å². The molecular weight excluding hydrogens is 270 g/mol. The number of esters is 1. The van der Waals surface area contributed by atoms with E-state index in [-0.39, 0.29) is 12.3 Å². The third-order valence-electron chi connectivity index (χ3n) is 3.08. The van der Waals surface area contributed by atoms with Crippen molar-refractivity contribution >= 4 is 22.8 Å². The van der Waals surface area contributed by atoms with E-state index in [2.05, 4.69) is 4.98 Å². The molecule has 0 fully saturated rings. The van der Waals surface area contributed by atoms with Gasteiger partial charge in [0.1, 0.15) is 0 Å². The van der Waals surface area contributed by atoms with E-state index in [0.29, 0.717) is 16.5 Å². The zero-order valence-corrected chi connectivity index (χ0v) is 11.9. The maximum Gasteiger partial charge on any atom is 0.345 e. The Morgan fingerprint density at radius 2 is 1.95 bits per heavy atom. The molecule has 5 nitrogen and oxygen atoms in total. The van der Waals surface area contributed by atoms with Crippen LogP contribution in [0.5, 0.6) is 0 Å². The van der Waals surface area contributed by atoms with Crippen LogP contribution in [0.15, 0.2) is 36.5 Å². The summed E-state index contributed by atoms with van der Waals surface area (Å²) < 4.78 is 5.15. The number of para-hydroxylation sites is 1. The molecule has 1 N–H and O–H groups in total. The summed E-state index contributed by atoms with van der Waals surface area (Å²) >= 11 is 0. The predicted octanol–water partition coefficient (Wildman–Crippen LogP) is 2.89. The zero-order valence-electron chi connectivity index (χ0n) is 11.9. The van der Waals surface area contributed by atoms with E-state index in [0.717, 1.165) is 0 Å². The number of carbonyl (C=O) groups excluding carboxylic acids is 1. The van der Waals surface area contributed by atoms with Crippen LogP contribution in [-0.4, -0.2) is 28.1 Å². The molecule has 0 saturated carbocycles. The fourth-order valence-corrected chi connectivity index (χ4v) is 2.09. The van der Waals surface area contributed by atoms with Gasteiger partial charge in [0.15, 0.2) is 6.10 Å². The number of rotatable bonds is 5. The summed E-state index contributed by atoms with van der Waals surface area (Å²) in [5.41, 5.74) is 0.998. The minimum absolute atomic E-state index is 0.119. The quantitative estimate of drug-likeness (QED) is 0.856. The van der Waals surface area contributed by atoms with E-state index in [9.17, 15) is 9.59 Å². The molecule has 0 aliphatic heterocycles. The Balaban J connectivity index is 2.27. The van der Waals surface area contributed by atoms with Crippen molar-refractivity contribution in [1.82, 2.24) is 4.98 Å². The van der Waals surface area contributed by atoms with Gasteiger partial charge in [-0.2, -0.15) is 0 Å². The molecule has 110 valence electrons. The highest BCUT2D eigenvalue weighted by Crippen LogP contribution is 2.19. The first kappa shape index (κ1) is 15.0. The fraction of sp³-hybridized carbons (Fsp3) is 0.312. The van der Waals surface area contributed by atoms with E-state index in [4.69, 9.17) is 9.84 Å². The lowest BCUT2D eigenvalue weighted by molar-refractivity contribution is -0.148. The van der Waals surface area contributed by atoms with Crippen molar-refractivity contribution in [3.63, 3.8) is 0 Å². The van der Waals surface area contributed by atoms with Crippen LogP contribution in [0.2, 0.25) is 0 Å². The molecule has 0 aliphatic carbocycles. The second kappa shape index (κ2) is 6.35. The molecule has 0 unspecified atom stereocenters. The number of hydrogen-bond acceptors (Lipinski definition) is 4. The zero-order chi connectivity index (χ0) is 15.4. The third-order valence-corrected chi connectivity index (χ3v) is 3.08. The summed E-state index contributed by atoms with van der Waals surface area (Å²) in [5.74, 6) is -1.65. The minimum Gasteiger partial charge on any atom is -0.479 e. The van der Waals surface area contributed by atoms with E-state index >= 15 is 0 Å². The molecule has 2 aromatic rings. The molecule has 5 heteroatoms. The van der Waals surface area contributed by atoms with Crippen LogP contribution in [0, 0.1) is 5.92 Å². The minimum atomic E-state index is -1.13. The molecule has 1 aromatic heterocycles. The first-order valence-electron chi connectivity index (χ1n) is 6.76. The largest absolute Gasteiger partial charge is 0.479 e. The lowest BCUT2D eigenvalue weighted by atomic mass is 10.1.